The minimum Gasteiger partial charge on any atom is -0.494 e. The Morgan fingerprint density at radius 3 is 2.39 bits per heavy atom. The fraction of sp³-hybridized carbons (Fsp3) is 0.400. The zero-order valence-electron chi connectivity index (χ0n) is 15.8. The van der Waals surface area contributed by atoms with Gasteiger partial charge in [-0.15, -0.1) is 0 Å². The van der Waals surface area contributed by atoms with Crippen LogP contribution >= 0.6 is 0 Å². The normalized spacial score (nSPS) is 14.4. The predicted octanol–water partition coefficient (Wildman–Crippen LogP) is 1.68. The van der Waals surface area contributed by atoms with Gasteiger partial charge in [0, 0.05) is 31.5 Å². The van der Waals surface area contributed by atoms with Gasteiger partial charge in [-0.1, -0.05) is 0 Å². The average molecular weight is 384 g/mol. The molecule has 8 nitrogen and oxygen atoms in total. The van der Waals surface area contributed by atoms with Crippen LogP contribution in [0.5, 0.6) is 11.5 Å². The number of carbonyl (C=O) groups excluding carboxylic acids is 2. The number of hydrogen-bond donors (Lipinski definition) is 1. The Labute approximate surface area is 163 Å². The van der Waals surface area contributed by atoms with Gasteiger partial charge in [0.15, 0.2) is 6.61 Å². The number of likely N-dealkylation sites (tertiary alicyclic amines) is 1. The van der Waals surface area contributed by atoms with Crippen LogP contribution in [0.25, 0.3) is 0 Å². The van der Waals surface area contributed by atoms with Crippen molar-refractivity contribution in [2.45, 2.75) is 25.8 Å². The molecule has 1 saturated heterocycles. The first kappa shape index (κ1) is 19.6. The van der Waals surface area contributed by atoms with Gasteiger partial charge in [-0.05, 0) is 44.0 Å². The van der Waals surface area contributed by atoms with Crippen LogP contribution in [-0.4, -0.2) is 59.0 Å². The lowest BCUT2D eigenvalue weighted by molar-refractivity contribution is -0.134. The molecule has 0 spiro atoms. The molecule has 0 aliphatic carbocycles. The van der Waals surface area contributed by atoms with Gasteiger partial charge in [0.1, 0.15) is 17.2 Å². The molecule has 1 fully saturated rings. The SMILES string of the molecule is CCOc1ccc(OCC(=O)N2CCC(NC(=O)c3cnccn3)CC2)cc1. The van der Waals surface area contributed by atoms with E-state index in [4.69, 9.17) is 9.47 Å². The molecule has 8 heteroatoms. The maximum absolute atomic E-state index is 12.4. The summed E-state index contributed by atoms with van der Waals surface area (Å²) >= 11 is 0. The molecular weight excluding hydrogens is 360 g/mol. The van der Waals surface area contributed by atoms with Gasteiger partial charge in [0.05, 0.1) is 12.8 Å². The number of aromatic nitrogens is 2. The minimum absolute atomic E-state index is 0.00931. The van der Waals surface area contributed by atoms with Gasteiger partial charge in [-0.3, -0.25) is 14.6 Å². The molecule has 148 valence electrons. The number of piperidine rings is 1. The van der Waals surface area contributed by atoms with Crippen molar-refractivity contribution >= 4 is 11.8 Å². The minimum atomic E-state index is -0.239. The molecule has 1 aromatic heterocycles. The molecule has 0 radical (unpaired) electrons. The van der Waals surface area contributed by atoms with Crippen molar-refractivity contribution in [2.24, 2.45) is 0 Å². The summed E-state index contributed by atoms with van der Waals surface area (Å²) in [5.74, 6) is 1.10. The highest BCUT2D eigenvalue weighted by molar-refractivity contribution is 5.92. The van der Waals surface area contributed by atoms with Crippen LogP contribution < -0.4 is 14.8 Å². The predicted molar refractivity (Wildman–Crippen MR) is 102 cm³/mol. The Morgan fingerprint density at radius 1 is 1.11 bits per heavy atom. The Balaban J connectivity index is 1.40. The lowest BCUT2D eigenvalue weighted by atomic mass is 10.0. The molecule has 0 bridgehead atoms. The summed E-state index contributed by atoms with van der Waals surface area (Å²) < 4.78 is 11.0. The zero-order valence-corrected chi connectivity index (χ0v) is 15.8. The van der Waals surface area contributed by atoms with E-state index in [1.807, 2.05) is 19.1 Å². The standard InChI is InChI=1S/C20H24N4O4/c1-2-27-16-3-5-17(6-4-16)28-14-19(25)24-11-7-15(8-12-24)23-20(26)18-13-21-9-10-22-18/h3-6,9-10,13,15H,2,7-8,11-12,14H2,1H3,(H,23,26). The average Bonchev–Trinajstić information content (AvgIpc) is 2.74. The smallest absolute Gasteiger partial charge is 0.271 e. The van der Waals surface area contributed by atoms with E-state index in [1.54, 1.807) is 17.0 Å². The first-order valence-electron chi connectivity index (χ1n) is 9.36. The lowest BCUT2D eigenvalue weighted by Gasteiger charge is -2.32. The maximum Gasteiger partial charge on any atom is 0.271 e. The zero-order chi connectivity index (χ0) is 19.8. The summed E-state index contributed by atoms with van der Waals surface area (Å²) in [4.78, 5) is 34.1. The number of benzene rings is 1. The molecule has 28 heavy (non-hydrogen) atoms. The van der Waals surface area contributed by atoms with Gasteiger partial charge in [-0.25, -0.2) is 4.98 Å². The number of amides is 2. The third-order valence-corrected chi connectivity index (χ3v) is 4.48. The quantitative estimate of drug-likeness (QED) is 0.781. The van der Waals surface area contributed by atoms with Crippen LogP contribution in [0, 0.1) is 0 Å². The molecule has 1 N–H and O–H groups in total. The first-order chi connectivity index (χ1) is 13.7. The number of nitrogens with one attached hydrogen (secondary N) is 1. The van der Waals surface area contributed by atoms with Crippen LogP contribution in [0.1, 0.15) is 30.3 Å². The highest BCUT2D eigenvalue weighted by Gasteiger charge is 2.24. The molecule has 2 aromatic rings. The van der Waals surface area contributed by atoms with Gasteiger partial charge in [0.2, 0.25) is 0 Å². The van der Waals surface area contributed by atoms with Crippen LogP contribution in [0.4, 0.5) is 0 Å². The monoisotopic (exact) mass is 384 g/mol. The first-order valence-corrected chi connectivity index (χ1v) is 9.36. The number of rotatable bonds is 7. The Bertz CT molecular complexity index is 775. The maximum atomic E-state index is 12.4. The van der Waals surface area contributed by atoms with Crippen molar-refractivity contribution in [3.63, 3.8) is 0 Å². The topological polar surface area (TPSA) is 93.7 Å². The van der Waals surface area contributed by atoms with Gasteiger partial charge >= 0.3 is 0 Å². The van der Waals surface area contributed by atoms with Gasteiger partial charge in [0.25, 0.3) is 11.8 Å². The summed E-state index contributed by atoms with van der Waals surface area (Å²) in [5.41, 5.74) is 0.296. The highest BCUT2D eigenvalue weighted by atomic mass is 16.5. The molecule has 1 aliphatic heterocycles. The Hall–Kier alpha value is -3.16. The summed E-state index contributed by atoms with van der Waals surface area (Å²) in [7, 11) is 0. The van der Waals surface area contributed by atoms with E-state index in [9.17, 15) is 9.59 Å². The van der Waals surface area contributed by atoms with Crippen LogP contribution in [-0.2, 0) is 4.79 Å². The molecule has 0 saturated carbocycles. The number of ether oxygens (including phenoxy) is 2. The van der Waals surface area contributed by atoms with Crippen molar-refractivity contribution in [3.8, 4) is 11.5 Å². The Kier molecular flexibility index (Phi) is 6.78. The third kappa shape index (κ3) is 5.42. The van der Waals surface area contributed by atoms with E-state index in [-0.39, 0.29) is 24.5 Å². The van der Waals surface area contributed by atoms with Crippen molar-refractivity contribution < 1.29 is 19.1 Å². The highest BCUT2D eigenvalue weighted by Crippen LogP contribution is 2.18. The largest absolute Gasteiger partial charge is 0.494 e. The molecule has 0 unspecified atom stereocenters. The molecule has 2 heterocycles. The van der Waals surface area contributed by atoms with E-state index >= 15 is 0 Å². The van der Waals surface area contributed by atoms with E-state index in [0.717, 1.165) is 5.75 Å². The summed E-state index contributed by atoms with van der Waals surface area (Å²) in [6.45, 7) is 3.68. The van der Waals surface area contributed by atoms with E-state index in [2.05, 4.69) is 15.3 Å². The van der Waals surface area contributed by atoms with Crippen LogP contribution in [0.2, 0.25) is 0 Å². The number of nitrogens with zero attached hydrogens (tertiary/aromatic N) is 3. The molecular formula is C20H24N4O4. The van der Waals surface area contributed by atoms with E-state index in [1.165, 1.54) is 18.6 Å². The van der Waals surface area contributed by atoms with Crippen molar-refractivity contribution in [3.05, 3.63) is 48.5 Å². The number of hydrogen-bond acceptors (Lipinski definition) is 6. The van der Waals surface area contributed by atoms with Crippen molar-refractivity contribution in [2.75, 3.05) is 26.3 Å². The Morgan fingerprint density at radius 2 is 1.79 bits per heavy atom. The van der Waals surface area contributed by atoms with Crippen LogP contribution in [0.15, 0.2) is 42.9 Å². The number of carbonyl (C=O) groups is 2. The summed E-state index contributed by atoms with van der Waals surface area (Å²) in [6, 6.07) is 7.22. The molecule has 2 amide bonds. The van der Waals surface area contributed by atoms with E-state index in [0.29, 0.717) is 44.0 Å². The molecule has 3 rings (SSSR count). The second-order valence-corrected chi connectivity index (χ2v) is 6.41. The second-order valence-electron chi connectivity index (χ2n) is 6.41. The summed E-state index contributed by atoms with van der Waals surface area (Å²) in [6.07, 6.45) is 5.84. The third-order valence-electron chi connectivity index (χ3n) is 4.48. The van der Waals surface area contributed by atoms with Crippen molar-refractivity contribution in [1.29, 1.82) is 0 Å². The molecule has 1 aromatic carbocycles. The lowest BCUT2D eigenvalue weighted by Crippen LogP contribution is -2.47. The second kappa shape index (κ2) is 9.68. The fourth-order valence-electron chi connectivity index (χ4n) is 2.98. The van der Waals surface area contributed by atoms with E-state index < -0.39 is 0 Å². The van der Waals surface area contributed by atoms with Crippen LogP contribution in [0.3, 0.4) is 0 Å². The molecule has 1 aliphatic rings. The summed E-state index contributed by atoms with van der Waals surface area (Å²) in [5, 5.41) is 2.95. The molecule has 0 atom stereocenters. The van der Waals surface area contributed by atoms with Gasteiger partial charge in [-0.2, -0.15) is 0 Å². The fourth-order valence-corrected chi connectivity index (χ4v) is 2.98. The van der Waals surface area contributed by atoms with Gasteiger partial charge < -0.3 is 19.7 Å². The van der Waals surface area contributed by atoms with Crippen molar-refractivity contribution in [1.82, 2.24) is 20.2 Å².